The summed E-state index contributed by atoms with van der Waals surface area (Å²) in [4.78, 5) is 12.1. The van der Waals surface area contributed by atoms with Crippen molar-refractivity contribution >= 4 is 6.16 Å². The fourth-order valence-corrected chi connectivity index (χ4v) is 0.667. The summed E-state index contributed by atoms with van der Waals surface area (Å²) in [6.45, 7) is 4.12. The van der Waals surface area contributed by atoms with E-state index in [1.165, 1.54) is 11.5 Å². The molecule has 1 rings (SSSR count). The maximum absolute atomic E-state index is 9.03. The number of rotatable bonds is 0. The Kier molecular flexibility index (Phi) is 4.58. The maximum atomic E-state index is 9.03. The van der Waals surface area contributed by atoms with Crippen LogP contribution in [0.5, 0.6) is 0 Å². The lowest BCUT2D eigenvalue weighted by molar-refractivity contribution is -0.682. The van der Waals surface area contributed by atoms with Gasteiger partial charge in [-0.3, -0.25) is 0 Å². The van der Waals surface area contributed by atoms with E-state index in [0.717, 1.165) is 7.11 Å². The third kappa shape index (κ3) is 4.15. The number of aromatic amines is 1. The fraction of sp³-hybridized carbons (Fsp3) is 0.500. The normalized spacial score (nSPS) is 8.62. The number of ether oxygens (including phenoxy) is 1. The van der Waals surface area contributed by atoms with Crippen LogP contribution in [0.3, 0.4) is 0 Å². The van der Waals surface area contributed by atoms with E-state index in [-0.39, 0.29) is 0 Å². The molecule has 1 heterocycles. The summed E-state index contributed by atoms with van der Waals surface area (Å²) < 4.78 is 5.67. The molecule has 1 N–H and O–H groups in total. The van der Waals surface area contributed by atoms with Gasteiger partial charge in [-0.05, 0) is 0 Å². The molecular formula is C8H14N2O3. The number of carbonyl (C=O) groups excluding carboxylic acids is 1. The first-order chi connectivity index (χ1) is 5.99. The summed E-state index contributed by atoms with van der Waals surface area (Å²) in [6, 6.07) is 0. The molecule has 1 aromatic rings. The Balaban J connectivity index is 0.000000252. The Bertz CT molecular complexity index is 261. The van der Waals surface area contributed by atoms with Crippen LogP contribution in [-0.4, -0.2) is 18.2 Å². The highest BCUT2D eigenvalue weighted by atomic mass is 16.6. The molecular weight excluding hydrogens is 172 g/mol. The van der Waals surface area contributed by atoms with Gasteiger partial charge in [0.1, 0.15) is 11.9 Å². The molecule has 0 saturated heterocycles. The average Bonchev–Trinajstić information content (AvgIpc) is 2.37. The highest BCUT2D eigenvalue weighted by Gasteiger charge is 2.01. The van der Waals surface area contributed by atoms with Gasteiger partial charge in [0.05, 0.1) is 7.05 Å². The van der Waals surface area contributed by atoms with Crippen LogP contribution < -0.4 is 9.67 Å². The molecule has 0 saturated carbocycles. The number of aryl methyl sites for hydroxylation is 2. The number of nitrogens with one attached hydrogen (secondary N) is 1. The van der Waals surface area contributed by atoms with E-state index in [1.807, 2.05) is 20.2 Å². The standard InChI is InChI=1S/C6H10N2.C2H4O3/c1-5-4-7-6(2)8(5)3;1-5-2(3)4/h4H,1-3H3;1H3,(H,3,4). The number of H-pyrrole nitrogens is 1. The van der Waals surface area contributed by atoms with Gasteiger partial charge < -0.3 is 14.6 Å². The molecule has 5 nitrogen and oxygen atoms in total. The molecule has 0 amide bonds. The number of carboxylic acid groups (broad SMARTS) is 1. The highest BCUT2D eigenvalue weighted by Crippen LogP contribution is 1.86. The zero-order valence-electron chi connectivity index (χ0n) is 8.25. The Morgan fingerprint density at radius 3 is 2.15 bits per heavy atom. The van der Waals surface area contributed by atoms with Gasteiger partial charge >= 0.3 is 0 Å². The fourth-order valence-electron chi connectivity index (χ4n) is 0.667. The van der Waals surface area contributed by atoms with Gasteiger partial charge in [-0.1, -0.05) is 0 Å². The number of imidazole rings is 1. The Labute approximate surface area is 77.0 Å². The molecule has 0 bridgehead atoms. The topological polar surface area (TPSA) is 69.0 Å². The summed E-state index contributed by atoms with van der Waals surface area (Å²) in [6.07, 6.45) is 0.500. The van der Waals surface area contributed by atoms with Gasteiger partial charge in [-0.15, -0.1) is 0 Å². The zero-order chi connectivity index (χ0) is 10.4. The zero-order valence-corrected chi connectivity index (χ0v) is 8.25. The van der Waals surface area contributed by atoms with Gasteiger partial charge in [0.15, 0.2) is 0 Å². The van der Waals surface area contributed by atoms with Crippen LogP contribution in [0.2, 0.25) is 0 Å². The highest BCUT2D eigenvalue weighted by molar-refractivity contribution is 5.53. The molecule has 74 valence electrons. The van der Waals surface area contributed by atoms with E-state index in [1.54, 1.807) is 0 Å². The molecule has 0 fully saturated rings. The summed E-state index contributed by atoms with van der Waals surface area (Å²) in [7, 11) is 3.08. The molecule has 0 aliphatic heterocycles. The largest absolute Gasteiger partial charge is 0.553 e. The number of hydrogen-bond acceptors (Lipinski definition) is 3. The van der Waals surface area contributed by atoms with Crippen molar-refractivity contribution in [2.45, 2.75) is 13.8 Å². The number of hydrogen-bond donors (Lipinski definition) is 1. The minimum absolute atomic E-state index is 1.04. The van der Waals surface area contributed by atoms with Crippen molar-refractivity contribution in [2.24, 2.45) is 7.05 Å². The summed E-state index contributed by atoms with van der Waals surface area (Å²) >= 11 is 0. The molecule has 13 heavy (non-hydrogen) atoms. The van der Waals surface area contributed by atoms with E-state index in [9.17, 15) is 0 Å². The van der Waals surface area contributed by atoms with Crippen molar-refractivity contribution in [3.05, 3.63) is 17.7 Å². The molecule has 0 aliphatic rings. The number of nitrogens with zero attached hydrogens (tertiary/aromatic N) is 1. The number of aromatic nitrogens is 2. The van der Waals surface area contributed by atoms with Crippen LogP contribution in [0.1, 0.15) is 11.5 Å². The lowest BCUT2D eigenvalue weighted by Crippen LogP contribution is -2.31. The number of methoxy groups -OCH3 is 1. The SMILES string of the molecule is COC(=O)[O-].Cc1c[nH]c(C)[n+]1C. The van der Waals surface area contributed by atoms with E-state index in [4.69, 9.17) is 9.90 Å². The predicted octanol–water partition coefficient (Wildman–Crippen LogP) is -0.568. The molecule has 0 aromatic carbocycles. The van der Waals surface area contributed by atoms with Crippen LogP contribution in [0.4, 0.5) is 4.79 Å². The summed E-state index contributed by atoms with van der Waals surface area (Å²) in [5.74, 6) is 1.20. The Morgan fingerprint density at radius 2 is 2.08 bits per heavy atom. The molecule has 1 aromatic heterocycles. The second kappa shape index (κ2) is 5.18. The minimum atomic E-state index is -1.50. The monoisotopic (exact) mass is 186 g/mol. The van der Waals surface area contributed by atoms with Crippen LogP contribution >= 0.6 is 0 Å². The average molecular weight is 186 g/mol. The first-order valence-electron chi connectivity index (χ1n) is 3.74. The van der Waals surface area contributed by atoms with Gasteiger partial charge in [0, 0.05) is 21.0 Å². The maximum Gasteiger partial charge on any atom is 0.251 e. The van der Waals surface area contributed by atoms with Crippen LogP contribution in [0.15, 0.2) is 6.20 Å². The Morgan fingerprint density at radius 1 is 1.62 bits per heavy atom. The smallest absolute Gasteiger partial charge is 0.251 e. The van der Waals surface area contributed by atoms with Crippen molar-refractivity contribution in [3.63, 3.8) is 0 Å². The lowest BCUT2D eigenvalue weighted by Gasteiger charge is -1.92. The van der Waals surface area contributed by atoms with E-state index < -0.39 is 6.16 Å². The quantitative estimate of drug-likeness (QED) is 0.436. The third-order valence-corrected chi connectivity index (χ3v) is 1.69. The lowest BCUT2D eigenvalue weighted by atomic mass is 10.5. The van der Waals surface area contributed by atoms with Gasteiger partial charge in [-0.2, -0.15) is 0 Å². The van der Waals surface area contributed by atoms with Crippen molar-refractivity contribution < 1.29 is 19.2 Å². The van der Waals surface area contributed by atoms with Gasteiger partial charge in [0.2, 0.25) is 0 Å². The molecule has 0 spiro atoms. The van der Waals surface area contributed by atoms with Crippen LogP contribution in [0, 0.1) is 13.8 Å². The second-order valence-corrected chi connectivity index (χ2v) is 2.53. The first-order valence-corrected chi connectivity index (χ1v) is 3.74. The predicted molar refractivity (Wildman–Crippen MR) is 43.8 cm³/mol. The first kappa shape index (κ1) is 11.5. The third-order valence-electron chi connectivity index (χ3n) is 1.69. The molecule has 0 unspecified atom stereocenters. The van der Waals surface area contributed by atoms with Crippen molar-refractivity contribution in [1.29, 1.82) is 0 Å². The van der Waals surface area contributed by atoms with Gasteiger partial charge in [-0.25, -0.2) is 9.55 Å². The molecule has 0 radical (unpaired) electrons. The second-order valence-electron chi connectivity index (χ2n) is 2.53. The van der Waals surface area contributed by atoms with Crippen molar-refractivity contribution in [2.75, 3.05) is 7.11 Å². The van der Waals surface area contributed by atoms with E-state index >= 15 is 0 Å². The van der Waals surface area contributed by atoms with Crippen molar-refractivity contribution in [3.8, 4) is 0 Å². The van der Waals surface area contributed by atoms with E-state index in [0.29, 0.717) is 0 Å². The molecule has 0 atom stereocenters. The van der Waals surface area contributed by atoms with Crippen LogP contribution in [-0.2, 0) is 11.8 Å². The Hall–Kier alpha value is -1.52. The molecule has 0 aliphatic carbocycles. The number of carbonyl (C=O) groups is 1. The van der Waals surface area contributed by atoms with Gasteiger partial charge in [0.25, 0.3) is 12.0 Å². The van der Waals surface area contributed by atoms with Crippen LogP contribution in [0.25, 0.3) is 0 Å². The summed E-state index contributed by atoms with van der Waals surface area (Å²) in [5, 5.41) is 9.03. The van der Waals surface area contributed by atoms with Crippen molar-refractivity contribution in [1.82, 2.24) is 4.98 Å². The summed E-state index contributed by atoms with van der Waals surface area (Å²) in [5.41, 5.74) is 1.27. The molecule has 5 heteroatoms. The van der Waals surface area contributed by atoms with E-state index in [2.05, 4.69) is 21.2 Å². The minimum Gasteiger partial charge on any atom is -0.553 e.